The molecule has 1 aliphatic carbocycles. The minimum absolute atomic E-state index is 0.00280. The maximum atomic E-state index is 12.9. The van der Waals surface area contributed by atoms with Gasteiger partial charge in [-0.05, 0) is 66.8 Å². The summed E-state index contributed by atoms with van der Waals surface area (Å²) in [5.41, 5.74) is 1.26. The Balaban J connectivity index is 1.26. The molecule has 1 N–H and O–H groups in total. The van der Waals surface area contributed by atoms with Gasteiger partial charge >= 0.3 is 6.18 Å². The Labute approximate surface area is 196 Å². The highest BCUT2D eigenvalue weighted by atomic mass is 35.5. The van der Waals surface area contributed by atoms with E-state index in [1.807, 2.05) is 23.1 Å². The van der Waals surface area contributed by atoms with Gasteiger partial charge in [0.2, 0.25) is 5.91 Å². The van der Waals surface area contributed by atoms with Crippen LogP contribution in [0.25, 0.3) is 0 Å². The molecule has 2 aromatic rings. The number of amides is 2. The van der Waals surface area contributed by atoms with Gasteiger partial charge in [-0.3, -0.25) is 9.59 Å². The number of fused-ring (bicyclic) bond motifs is 1. The molecule has 2 aromatic carbocycles. The van der Waals surface area contributed by atoms with Gasteiger partial charge in [-0.25, -0.2) is 0 Å². The number of halogens is 4. The van der Waals surface area contributed by atoms with Crippen molar-refractivity contribution in [3.63, 3.8) is 0 Å². The van der Waals surface area contributed by atoms with Gasteiger partial charge < -0.3 is 10.2 Å². The molecule has 1 aliphatic heterocycles. The first-order chi connectivity index (χ1) is 15.7. The van der Waals surface area contributed by atoms with Crippen molar-refractivity contribution in [2.75, 3.05) is 13.1 Å². The van der Waals surface area contributed by atoms with E-state index in [0.717, 1.165) is 56.0 Å². The Hall–Kier alpha value is -2.54. The number of rotatable bonds is 5. The van der Waals surface area contributed by atoms with Crippen LogP contribution >= 0.6 is 11.6 Å². The number of alkyl halides is 3. The fourth-order valence-corrected chi connectivity index (χ4v) is 4.96. The maximum Gasteiger partial charge on any atom is 0.416 e. The van der Waals surface area contributed by atoms with Crippen LogP contribution in [0.2, 0.25) is 5.02 Å². The third kappa shape index (κ3) is 5.69. The molecule has 0 spiro atoms. The summed E-state index contributed by atoms with van der Waals surface area (Å²) in [6.07, 6.45) is -0.363. The third-order valence-electron chi connectivity index (χ3n) is 6.71. The van der Waals surface area contributed by atoms with Crippen LogP contribution in [0.1, 0.15) is 52.7 Å². The molecule has 8 heteroatoms. The van der Waals surface area contributed by atoms with E-state index in [9.17, 15) is 22.8 Å². The lowest BCUT2D eigenvalue weighted by molar-refractivity contribution is -0.137. The van der Waals surface area contributed by atoms with Crippen molar-refractivity contribution < 1.29 is 22.8 Å². The zero-order valence-electron chi connectivity index (χ0n) is 18.1. The zero-order valence-corrected chi connectivity index (χ0v) is 18.9. The zero-order chi connectivity index (χ0) is 23.6. The molecule has 0 unspecified atom stereocenters. The normalized spacial score (nSPS) is 21.0. The monoisotopic (exact) mass is 478 g/mol. The molecule has 4 rings (SSSR count). The Morgan fingerprint density at radius 3 is 2.39 bits per heavy atom. The minimum Gasteiger partial charge on any atom is -0.352 e. The Morgan fingerprint density at radius 2 is 1.70 bits per heavy atom. The average molecular weight is 479 g/mol. The van der Waals surface area contributed by atoms with Gasteiger partial charge in [0, 0.05) is 19.6 Å². The summed E-state index contributed by atoms with van der Waals surface area (Å²) in [7, 11) is 0. The van der Waals surface area contributed by atoms with Crippen molar-refractivity contribution in [2.45, 2.75) is 44.8 Å². The molecule has 0 aromatic heterocycles. The number of carbonyl (C=O) groups is 2. The first kappa shape index (κ1) is 23.6. The summed E-state index contributed by atoms with van der Waals surface area (Å²) in [6.45, 7) is 1.79. The summed E-state index contributed by atoms with van der Waals surface area (Å²) in [5.74, 6) is 0.253. The molecule has 0 atom stereocenters. The molecular weight excluding hydrogens is 453 g/mol. The van der Waals surface area contributed by atoms with Gasteiger partial charge in [-0.15, -0.1) is 0 Å². The second kappa shape index (κ2) is 9.75. The SMILES string of the molecule is O=C(NCC1CCC(CN2Cc3ccccc3CC2=O)CC1)c1cc(C(F)(F)F)ccc1Cl. The van der Waals surface area contributed by atoms with Gasteiger partial charge in [0.25, 0.3) is 5.91 Å². The molecule has 0 radical (unpaired) electrons. The van der Waals surface area contributed by atoms with E-state index in [4.69, 9.17) is 11.6 Å². The first-order valence-corrected chi connectivity index (χ1v) is 11.6. The molecule has 2 aliphatic rings. The number of hydrogen-bond donors (Lipinski definition) is 1. The van der Waals surface area contributed by atoms with Crippen LogP contribution in [-0.4, -0.2) is 29.8 Å². The Bertz CT molecular complexity index is 1030. The van der Waals surface area contributed by atoms with Gasteiger partial charge in [0.15, 0.2) is 0 Å². The van der Waals surface area contributed by atoms with E-state index in [0.29, 0.717) is 25.4 Å². The van der Waals surface area contributed by atoms with Gasteiger partial charge in [-0.1, -0.05) is 35.9 Å². The van der Waals surface area contributed by atoms with E-state index < -0.39 is 17.6 Å². The summed E-state index contributed by atoms with van der Waals surface area (Å²) < 4.78 is 38.8. The Kier molecular flexibility index (Phi) is 6.98. The Morgan fingerprint density at radius 1 is 1.03 bits per heavy atom. The van der Waals surface area contributed by atoms with E-state index >= 15 is 0 Å². The van der Waals surface area contributed by atoms with Gasteiger partial charge in [-0.2, -0.15) is 13.2 Å². The molecule has 1 saturated carbocycles. The van der Waals surface area contributed by atoms with E-state index in [2.05, 4.69) is 11.4 Å². The molecule has 1 heterocycles. The average Bonchev–Trinajstić information content (AvgIpc) is 2.78. The van der Waals surface area contributed by atoms with Crippen LogP contribution in [0.3, 0.4) is 0 Å². The molecule has 2 amide bonds. The fourth-order valence-electron chi connectivity index (χ4n) is 4.76. The highest BCUT2D eigenvalue weighted by molar-refractivity contribution is 6.33. The summed E-state index contributed by atoms with van der Waals surface area (Å²) in [6, 6.07) is 10.8. The molecule has 0 bridgehead atoms. The van der Waals surface area contributed by atoms with Crippen molar-refractivity contribution in [3.05, 3.63) is 69.7 Å². The van der Waals surface area contributed by atoms with E-state index in [1.165, 1.54) is 5.56 Å². The molecule has 1 fully saturated rings. The van der Waals surface area contributed by atoms with Gasteiger partial charge in [0.05, 0.1) is 22.6 Å². The lowest BCUT2D eigenvalue weighted by Gasteiger charge is -2.35. The number of nitrogens with one attached hydrogen (secondary N) is 1. The summed E-state index contributed by atoms with van der Waals surface area (Å²) in [5, 5.41) is 2.74. The van der Waals surface area contributed by atoms with Crippen LogP contribution in [0, 0.1) is 11.8 Å². The first-order valence-electron chi connectivity index (χ1n) is 11.2. The smallest absolute Gasteiger partial charge is 0.352 e. The van der Waals surface area contributed by atoms with Crippen molar-refractivity contribution in [1.82, 2.24) is 10.2 Å². The molecule has 33 heavy (non-hydrogen) atoms. The highest BCUT2D eigenvalue weighted by Gasteiger charge is 2.32. The maximum absolute atomic E-state index is 12.9. The standard InChI is InChI=1S/C25H26ClF3N2O2/c26-22-10-9-20(25(27,28)29)12-21(22)24(33)30-13-16-5-7-17(8-6-16)14-31-15-19-4-2-1-3-18(19)11-23(31)32/h1-4,9-10,12,16-17H,5-8,11,13-15H2,(H,30,33). The number of hydrogen-bond acceptors (Lipinski definition) is 2. The number of nitrogens with zero attached hydrogens (tertiary/aromatic N) is 1. The van der Waals surface area contributed by atoms with Crippen LogP contribution in [0.4, 0.5) is 13.2 Å². The number of benzene rings is 2. The van der Waals surface area contributed by atoms with E-state index in [-0.39, 0.29) is 22.4 Å². The van der Waals surface area contributed by atoms with Crippen LogP contribution in [-0.2, 0) is 23.9 Å². The molecule has 176 valence electrons. The minimum atomic E-state index is -4.53. The largest absolute Gasteiger partial charge is 0.416 e. The third-order valence-corrected chi connectivity index (χ3v) is 7.04. The van der Waals surface area contributed by atoms with Crippen LogP contribution in [0.5, 0.6) is 0 Å². The second-order valence-electron chi connectivity index (χ2n) is 9.01. The second-order valence-corrected chi connectivity index (χ2v) is 9.42. The van der Waals surface area contributed by atoms with Gasteiger partial charge in [0.1, 0.15) is 0 Å². The predicted octanol–water partition coefficient (Wildman–Crippen LogP) is 5.48. The van der Waals surface area contributed by atoms with Crippen LogP contribution in [0.15, 0.2) is 42.5 Å². The van der Waals surface area contributed by atoms with Crippen molar-refractivity contribution >= 4 is 23.4 Å². The fraction of sp³-hybridized carbons (Fsp3) is 0.440. The quantitative estimate of drug-likeness (QED) is 0.618. The van der Waals surface area contributed by atoms with Crippen molar-refractivity contribution in [1.29, 1.82) is 0 Å². The van der Waals surface area contributed by atoms with Crippen LogP contribution < -0.4 is 5.32 Å². The van der Waals surface area contributed by atoms with Crippen molar-refractivity contribution in [2.24, 2.45) is 11.8 Å². The molecule has 0 saturated heterocycles. The highest BCUT2D eigenvalue weighted by Crippen LogP contribution is 2.33. The molecular formula is C25H26ClF3N2O2. The number of carbonyl (C=O) groups excluding carboxylic acids is 2. The summed E-state index contributed by atoms with van der Waals surface area (Å²) in [4.78, 5) is 26.9. The topological polar surface area (TPSA) is 49.4 Å². The lowest BCUT2D eigenvalue weighted by Crippen LogP contribution is -2.40. The lowest BCUT2D eigenvalue weighted by atomic mass is 9.81. The van der Waals surface area contributed by atoms with Crippen molar-refractivity contribution in [3.8, 4) is 0 Å². The predicted molar refractivity (Wildman–Crippen MR) is 120 cm³/mol. The molecule has 4 nitrogen and oxygen atoms in total. The van der Waals surface area contributed by atoms with E-state index in [1.54, 1.807) is 0 Å². The summed E-state index contributed by atoms with van der Waals surface area (Å²) >= 11 is 5.96.